The number of aromatic nitrogens is 1. The van der Waals surface area contributed by atoms with Crippen LogP contribution in [0.5, 0.6) is 5.75 Å². The van der Waals surface area contributed by atoms with Crippen LogP contribution in [-0.4, -0.2) is 16.8 Å². The van der Waals surface area contributed by atoms with Crippen LogP contribution in [0.15, 0.2) is 66.9 Å². The van der Waals surface area contributed by atoms with E-state index in [9.17, 15) is 9.59 Å². The molecule has 1 aromatic heterocycles. The zero-order valence-electron chi connectivity index (χ0n) is 16.5. The number of amides is 2. The Morgan fingerprint density at radius 2 is 1.83 bits per heavy atom. The molecule has 30 heavy (non-hydrogen) atoms. The zero-order chi connectivity index (χ0) is 21.3. The van der Waals surface area contributed by atoms with Crippen LogP contribution in [0.2, 0.25) is 5.02 Å². The molecule has 0 unspecified atom stereocenters. The first-order valence-corrected chi connectivity index (χ1v) is 9.86. The van der Waals surface area contributed by atoms with Crippen molar-refractivity contribution in [3.05, 3.63) is 94.3 Å². The molecule has 0 aliphatic heterocycles. The van der Waals surface area contributed by atoms with E-state index in [1.165, 1.54) is 0 Å². The van der Waals surface area contributed by atoms with Crippen molar-refractivity contribution in [2.75, 3.05) is 0 Å². The Morgan fingerprint density at radius 1 is 1.03 bits per heavy atom. The highest BCUT2D eigenvalue weighted by atomic mass is 35.5. The summed E-state index contributed by atoms with van der Waals surface area (Å²) < 4.78 is 5.75. The number of hydrogen-bond donors (Lipinski definition) is 2. The number of ether oxygens (including phenoxy) is 1. The maximum atomic E-state index is 12.2. The summed E-state index contributed by atoms with van der Waals surface area (Å²) in [6, 6.07) is 18.0. The van der Waals surface area contributed by atoms with Crippen molar-refractivity contribution < 1.29 is 14.3 Å². The fraction of sp³-hybridized carbons (Fsp3) is 0.174. The van der Waals surface area contributed by atoms with Gasteiger partial charge in [-0.3, -0.25) is 25.4 Å². The van der Waals surface area contributed by atoms with Crippen LogP contribution in [0.1, 0.15) is 33.6 Å². The van der Waals surface area contributed by atoms with Crippen LogP contribution in [0, 0.1) is 6.92 Å². The van der Waals surface area contributed by atoms with Gasteiger partial charge in [0, 0.05) is 28.9 Å². The fourth-order valence-electron chi connectivity index (χ4n) is 2.67. The van der Waals surface area contributed by atoms with Crippen LogP contribution in [0.3, 0.4) is 0 Å². The molecule has 0 bridgehead atoms. The molecule has 3 aromatic rings. The summed E-state index contributed by atoms with van der Waals surface area (Å²) in [7, 11) is 0. The SMILES string of the molecule is Cc1cc(OCc2ccc(C(=O)NNC(=O)CCc3ccccn3)cc2)ccc1Cl. The molecule has 7 heteroatoms. The molecule has 0 fully saturated rings. The summed E-state index contributed by atoms with van der Waals surface area (Å²) in [5, 5.41) is 0.696. The Morgan fingerprint density at radius 3 is 2.53 bits per heavy atom. The smallest absolute Gasteiger partial charge is 0.269 e. The maximum Gasteiger partial charge on any atom is 0.269 e. The number of nitrogens with zero attached hydrogens (tertiary/aromatic N) is 1. The van der Waals surface area contributed by atoms with Gasteiger partial charge in [0.05, 0.1) is 0 Å². The monoisotopic (exact) mass is 423 g/mol. The third-order valence-corrected chi connectivity index (χ3v) is 4.82. The predicted octanol–water partition coefficient (Wildman–Crippen LogP) is 4.02. The van der Waals surface area contributed by atoms with Crippen molar-refractivity contribution in [1.29, 1.82) is 0 Å². The van der Waals surface area contributed by atoms with E-state index in [0.717, 1.165) is 22.6 Å². The highest BCUT2D eigenvalue weighted by Crippen LogP contribution is 2.21. The second-order valence-corrected chi connectivity index (χ2v) is 7.13. The second kappa shape index (κ2) is 10.4. The number of hydrazine groups is 1. The molecule has 3 rings (SSSR count). The van der Waals surface area contributed by atoms with Crippen LogP contribution >= 0.6 is 11.6 Å². The van der Waals surface area contributed by atoms with Gasteiger partial charge in [0.1, 0.15) is 12.4 Å². The first kappa shape index (κ1) is 21.3. The number of benzene rings is 2. The lowest BCUT2D eigenvalue weighted by atomic mass is 10.1. The predicted molar refractivity (Wildman–Crippen MR) is 115 cm³/mol. The third-order valence-electron chi connectivity index (χ3n) is 4.40. The standard InChI is InChI=1S/C23H22ClN3O3/c1-16-14-20(10-11-21(16)24)30-15-17-5-7-18(8-6-17)23(29)27-26-22(28)12-9-19-4-2-3-13-25-19/h2-8,10-11,13-14H,9,12,15H2,1H3,(H,26,28)(H,27,29). The highest BCUT2D eigenvalue weighted by Gasteiger charge is 2.08. The molecule has 2 aromatic carbocycles. The first-order chi connectivity index (χ1) is 14.5. The van der Waals surface area contributed by atoms with E-state index in [0.29, 0.717) is 23.6 Å². The van der Waals surface area contributed by atoms with Crippen molar-refractivity contribution in [3.63, 3.8) is 0 Å². The van der Waals surface area contributed by atoms with Gasteiger partial charge in [0.15, 0.2) is 0 Å². The Hall–Kier alpha value is -3.38. The van der Waals surface area contributed by atoms with Crippen molar-refractivity contribution in [2.45, 2.75) is 26.4 Å². The quantitative estimate of drug-likeness (QED) is 0.562. The average molecular weight is 424 g/mol. The Labute approximate surface area is 180 Å². The Kier molecular flexibility index (Phi) is 7.40. The minimum Gasteiger partial charge on any atom is -0.489 e. The molecule has 0 atom stereocenters. The summed E-state index contributed by atoms with van der Waals surface area (Å²) in [5.74, 6) is 0.0615. The molecular formula is C23H22ClN3O3. The zero-order valence-corrected chi connectivity index (χ0v) is 17.3. The second-order valence-electron chi connectivity index (χ2n) is 6.72. The Bertz CT molecular complexity index is 1010. The molecule has 0 saturated carbocycles. The summed E-state index contributed by atoms with van der Waals surface area (Å²) in [6.45, 7) is 2.28. The molecule has 0 aliphatic rings. The Balaban J connectivity index is 1.43. The van der Waals surface area contributed by atoms with Gasteiger partial charge in [0.25, 0.3) is 5.91 Å². The van der Waals surface area contributed by atoms with E-state index in [1.807, 2.05) is 37.3 Å². The van der Waals surface area contributed by atoms with Crippen molar-refractivity contribution >= 4 is 23.4 Å². The fourth-order valence-corrected chi connectivity index (χ4v) is 2.79. The number of rotatable bonds is 7. The van der Waals surface area contributed by atoms with Gasteiger partial charge in [-0.1, -0.05) is 29.8 Å². The van der Waals surface area contributed by atoms with Gasteiger partial charge in [0.2, 0.25) is 5.91 Å². The van der Waals surface area contributed by atoms with E-state index >= 15 is 0 Å². The molecule has 6 nitrogen and oxygen atoms in total. The number of aryl methyl sites for hydroxylation is 2. The van der Waals surface area contributed by atoms with E-state index in [2.05, 4.69) is 15.8 Å². The van der Waals surface area contributed by atoms with E-state index in [1.54, 1.807) is 36.5 Å². The van der Waals surface area contributed by atoms with Crippen molar-refractivity contribution in [3.8, 4) is 5.75 Å². The van der Waals surface area contributed by atoms with Gasteiger partial charge in [-0.15, -0.1) is 0 Å². The third kappa shape index (κ3) is 6.32. The lowest BCUT2D eigenvalue weighted by Gasteiger charge is -2.09. The summed E-state index contributed by atoms with van der Waals surface area (Å²) in [6.07, 6.45) is 2.42. The van der Waals surface area contributed by atoms with Crippen molar-refractivity contribution in [1.82, 2.24) is 15.8 Å². The van der Waals surface area contributed by atoms with E-state index in [4.69, 9.17) is 16.3 Å². The summed E-state index contributed by atoms with van der Waals surface area (Å²) >= 11 is 6.01. The normalized spacial score (nSPS) is 10.3. The van der Waals surface area contributed by atoms with Crippen LogP contribution in [-0.2, 0) is 17.8 Å². The lowest BCUT2D eigenvalue weighted by molar-refractivity contribution is -0.121. The molecule has 0 aliphatic carbocycles. The largest absolute Gasteiger partial charge is 0.489 e. The summed E-state index contributed by atoms with van der Waals surface area (Å²) in [5.41, 5.74) is 7.97. The van der Waals surface area contributed by atoms with Gasteiger partial charge < -0.3 is 4.74 Å². The number of hydrogen-bond acceptors (Lipinski definition) is 4. The highest BCUT2D eigenvalue weighted by molar-refractivity contribution is 6.31. The van der Waals surface area contributed by atoms with Crippen LogP contribution in [0.4, 0.5) is 0 Å². The lowest BCUT2D eigenvalue weighted by Crippen LogP contribution is -2.41. The van der Waals surface area contributed by atoms with Gasteiger partial charge in [-0.2, -0.15) is 0 Å². The molecule has 0 radical (unpaired) electrons. The minimum atomic E-state index is -0.387. The number of carbonyl (C=O) groups excluding carboxylic acids is 2. The molecular weight excluding hydrogens is 402 g/mol. The van der Waals surface area contributed by atoms with E-state index in [-0.39, 0.29) is 18.2 Å². The molecule has 2 N–H and O–H groups in total. The van der Waals surface area contributed by atoms with Crippen LogP contribution in [0.25, 0.3) is 0 Å². The molecule has 2 amide bonds. The number of carbonyl (C=O) groups is 2. The number of halogens is 1. The number of nitrogens with one attached hydrogen (secondary N) is 2. The number of pyridine rings is 1. The maximum absolute atomic E-state index is 12.2. The van der Waals surface area contributed by atoms with Gasteiger partial charge in [-0.05, 0) is 66.9 Å². The molecule has 0 spiro atoms. The minimum absolute atomic E-state index is 0.234. The van der Waals surface area contributed by atoms with E-state index < -0.39 is 0 Å². The van der Waals surface area contributed by atoms with Gasteiger partial charge >= 0.3 is 0 Å². The molecule has 154 valence electrons. The topological polar surface area (TPSA) is 80.3 Å². The molecule has 0 saturated heterocycles. The summed E-state index contributed by atoms with van der Waals surface area (Å²) in [4.78, 5) is 28.3. The average Bonchev–Trinajstić information content (AvgIpc) is 2.78. The van der Waals surface area contributed by atoms with Crippen molar-refractivity contribution in [2.24, 2.45) is 0 Å². The molecule has 1 heterocycles. The first-order valence-electron chi connectivity index (χ1n) is 9.48. The van der Waals surface area contributed by atoms with Crippen LogP contribution < -0.4 is 15.6 Å². The van der Waals surface area contributed by atoms with Gasteiger partial charge in [-0.25, -0.2) is 0 Å².